The number of fused-ring (bicyclic) bond motifs is 1. The first kappa shape index (κ1) is 11.2. The Morgan fingerprint density at radius 2 is 2.12 bits per heavy atom. The lowest BCUT2D eigenvalue weighted by Gasteiger charge is -2.13. The van der Waals surface area contributed by atoms with E-state index in [9.17, 15) is 0 Å². The molecule has 1 heterocycles. The number of aromatic nitrogens is 1. The first-order chi connectivity index (χ1) is 8.24. The van der Waals surface area contributed by atoms with Gasteiger partial charge in [0.1, 0.15) is 0 Å². The SMILES string of the molecule is NC(CC1CC1)c1nc2ccccc2cc1Br. The summed E-state index contributed by atoms with van der Waals surface area (Å²) in [5.41, 5.74) is 8.26. The van der Waals surface area contributed by atoms with Crippen molar-refractivity contribution in [2.45, 2.75) is 25.3 Å². The molecule has 1 aromatic carbocycles. The zero-order valence-electron chi connectivity index (χ0n) is 9.57. The van der Waals surface area contributed by atoms with Gasteiger partial charge in [-0.05, 0) is 40.4 Å². The van der Waals surface area contributed by atoms with Crippen molar-refractivity contribution >= 4 is 26.8 Å². The molecule has 3 heteroatoms. The molecule has 1 saturated carbocycles. The molecule has 0 spiro atoms. The number of para-hydroxylation sites is 1. The molecule has 0 saturated heterocycles. The normalized spacial score (nSPS) is 17.3. The summed E-state index contributed by atoms with van der Waals surface area (Å²) < 4.78 is 1.03. The van der Waals surface area contributed by atoms with Gasteiger partial charge < -0.3 is 5.73 Å². The molecule has 1 aliphatic rings. The van der Waals surface area contributed by atoms with Crippen LogP contribution >= 0.6 is 15.9 Å². The van der Waals surface area contributed by atoms with Gasteiger partial charge in [-0.25, -0.2) is 4.98 Å². The fraction of sp³-hybridized carbons (Fsp3) is 0.357. The fourth-order valence-electron chi connectivity index (χ4n) is 2.19. The molecule has 1 unspecified atom stereocenters. The Kier molecular flexibility index (Phi) is 2.89. The van der Waals surface area contributed by atoms with Crippen molar-refractivity contribution in [1.82, 2.24) is 4.98 Å². The molecule has 0 aliphatic heterocycles. The molecule has 3 rings (SSSR count). The lowest BCUT2D eigenvalue weighted by molar-refractivity contribution is 0.583. The van der Waals surface area contributed by atoms with Gasteiger partial charge in [0, 0.05) is 15.9 Å². The highest BCUT2D eigenvalue weighted by Crippen LogP contribution is 2.38. The molecule has 17 heavy (non-hydrogen) atoms. The predicted octanol–water partition coefficient (Wildman–Crippen LogP) is 3.80. The van der Waals surface area contributed by atoms with Gasteiger partial charge in [-0.1, -0.05) is 31.0 Å². The topological polar surface area (TPSA) is 38.9 Å². The van der Waals surface area contributed by atoms with Crippen molar-refractivity contribution in [2.24, 2.45) is 11.7 Å². The molecule has 2 N–H and O–H groups in total. The van der Waals surface area contributed by atoms with Crippen LogP contribution in [-0.2, 0) is 0 Å². The largest absolute Gasteiger partial charge is 0.323 e. The van der Waals surface area contributed by atoms with Crippen LogP contribution in [0.5, 0.6) is 0 Å². The van der Waals surface area contributed by atoms with Gasteiger partial charge in [-0.2, -0.15) is 0 Å². The predicted molar refractivity (Wildman–Crippen MR) is 73.7 cm³/mol. The Labute approximate surface area is 109 Å². The zero-order chi connectivity index (χ0) is 11.8. The third kappa shape index (κ3) is 2.35. The smallest absolute Gasteiger partial charge is 0.0720 e. The summed E-state index contributed by atoms with van der Waals surface area (Å²) in [7, 11) is 0. The molecule has 0 amide bonds. The van der Waals surface area contributed by atoms with E-state index >= 15 is 0 Å². The van der Waals surface area contributed by atoms with Gasteiger partial charge in [0.25, 0.3) is 0 Å². The summed E-state index contributed by atoms with van der Waals surface area (Å²) in [6.07, 6.45) is 3.72. The highest BCUT2D eigenvalue weighted by Gasteiger charge is 2.26. The lowest BCUT2D eigenvalue weighted by atomic mass is 10.1. The highest BCUT2D eigenvalue weighted by molar-refractivity contribution is 9.10. The minimum atomic E-state index is 0.0569. The highest BCUT2D eigenvalue weighted by atomic mass is 79.9. The number of rotatable bonds is 3. The second kappa shape index (κ2) is 4.39. The number of benzene rings is 1. The van der Waals surface area contributed by atoms with E-state index in [4.69, 9.17) is 5.73 Å². The van der Waals surface area contributed by atoms with Crippen molar-refractivity contribution < 1.29 is 0 Å². The van der Waals surface area contributed by atoms with E-state index in [1.807, 2.05) is 18.2 Å². The number of halogens is 1. The van der Waals surface area contributed by atoms with Crippen molar-refractivity contribution in [2.75, 3.05) is 0 Å². The standard InChI is InChI=1S/C14H15BrN2/c15-11-8-10-3-1-2-4-13(10)17-14(11)12(16)7-9-5-6-9/h1-4,8-9,12H,5-7,16H2. The quantitative estimate of drug-likeness (QED) is 0.934. The number of nitrogens with zero attached hydrogens (tertiary/aromatic N) is 1. The molecule has 0 bridgehead atoms. The molecule has 1 aliphatic carbocycles. The zero-order valence-corrected chi connectivity index (χ0v) is 11.2. The molecular formula is C14H15BrN2. The number of hydrogen-bond donors (Lipinski definition) is 1. The average Bonchev–Trinajstić information content (AvgIpc) is 3.12. The van der Waals surface area contributed by atoms with Crippen LogP contribution in [0.4, 0.5) is 0 Å². The summed E-state index contributed by atoms with van der Waals surface area (Å²) in [6.45, 7) is 0. The lowest BCUT2D eigenvalue weighted by Crippen LogP contribution is -2.13. The second-order valence-electron chi connectivity index (χ2n) is 4.83. The van der Waals surface area contributed by atoms with E-state index in [1.54, 1.807) is 0 Å². The summed E-state index contributed by atoms with van der Waals surface area (Å²) in [5.74, 6) is 0.824. The third-order valence-electron chi connectivity index (χ3n) is 3.34. The minimum Gasteiger partial charge on any atom is -0.323 e. The maximum Gasteiger partial charge on any atom is 0.0720 e. The van der Waals surface area contributed by atoms with Gasteiger partial charge in [-0.3, -0.25) is 0 Å². The van der Waals surface area contributed by atoms with E-state index in [-0.39, 0.29) is 6.04 Å². The minimum absolute atomic E-state index is 0.0569. The van der Waals surface area contributed by atoms with Crippen LogP contribution < -0.4 is 5.73 Å². The van der Waals surface area contributed by atoms with Crippen molar-refractivity contribution in [3.05, 3.63) is 40.5 Å². The van der Waals surface area contributed by atoms with E-state index in [1.165, 1.54) is 12.8 Å². The first-order valence-electron chi connectivity index (χ1n) is 6.05. The molecular weight excluding hydrogens is 276 g/mol. The van der Waals surface area contributed by atoms with Gasteiger partial charge in [0.15, 0.2) is 0 Å². The van der Waals surface area contributed by atoms with Crippen LogP contribution in [0.15, 0.2) is 34.8 Å². The van der Waals surface area contributed by atoms with Gasteiger partial charge in [0.05, 0.1) is 11.2 Å². The van der Waals surface area contributed by atoms with Crippen LogP contribution in [0.1, 0.15) is 31.0 Å². The Morgan fingerprint density at radius 1 is 1.35 bits per heavy atom. The van der Waals surface area contributed by atoms with Crippen molar-refractivity contribution in [1.29, 1.82) is 0 Å². The van der Waals surface area contributed by atoms with Gasteiger partial charge in [-0.15, -0.1) is 0 Å². The Morgan fingerprint density at radius 3 is 2.88 bits per heavy atom. The van der Waals surface area contributed by atoms with Crippen LogP contribution in [0.3, 0.4) is 0 Å². The molecule has 1 fully saturated rings. The fourth-order valence-corrected chi connectivity index (χ4v) is 2.82. The van der Waals surface area contributed by atoms with Gasteiger partial charge >= 0.3 is 0 Å². The Bertz CT molecular complexity index is 549. The van der Waals surface area contributed by atoms with E-state index in [2.05, 4.69) is 33.0 Å². The Hall–Kier alpha value is -0.930. The molecule has 1 atom stereocenters. The summed E-state index contributed by atoms with van der Waals surface area (Å²) >= 11 is 3.59. The van der Waals surface area contributed by atoms with E-state index in [0.717, 1.165) is 33.4 Å². The van der Waals surface area contributed by atoms with Crippen LogP contribution in [-0.4, -0.2) is 4.98 Å². The monoisotopic (exact) mass is 290 g/mol. The number of hydrogen-bond acceptors (Lipinski definition) is 2. The third-order valence-corrected chi connectivity index (χ3v) is 3.98. The summed E-state index contributed by atoms with van der Waals surface area (Å²) in [4.78, 5) is 4.68. The maximum absolute atomic E-state index is 6.24. The Balaban J connectivity index is 1.99. The number of pyridine rings is 1. The number of nitrogens with two attached hydrogens (primary N) is 1. The molecule has 1 aromatic heterocycles. The van der Waals surface area contributed by atoms with E-state index in [0.29, 0.717) is 0 Å². The van der Waals surface area contributed by atoms with Crippen LogP contribution in [0.25, 0.3) is 10.9 Å². The second-order valence-corrected chi connectivity index (χ2v) is 5.69. The average molecular weight is 291 g/mol. The van der Waals surface area contributed by atoms with Crippen molar-refractivity contribution in [3.8, 4) is 0 Å². The molecule has 2 aromatic rings. The van der Waals surface area contributed by atoms with Crippen LogP contribution in [0, 0.1) is 5.92 Å². The molecule has 2 nitrogen and oxygen atoms in total. The first-order valence-corrected chi connectivity index (χ1v) is 6.84. The molecule has 0 radical (unpaired) electrons. The van der Waals surface area contributed by atoms with Gasteiger partial charge in [0.2, 0.25) is 0 Å². The summed E-state index contributed by atoms with van der Waals surface area (Å²) in [6, 6.07) is 10.3. The summed E-state index contributed by atoms with van der Waals surface area (Å²) in [5, 5.41) is 1.15. The van der Waals surface area contributed by atoms with Crippen molar-refractivity contribution in [3.63, 3.8) is 0 Å². The van der Waals surface area contributed by atoms with Crippen LogP contribution in [0.2, 0.25) is 0 Å². The molecule has 88 valence electrons. The van der Waals surface area contributed by atoms with E-state index < -0.39 is 0 Å². The maximum atomic E-state index is 6.24.